The van der Waals surface area contributed by atoms with Gasteiger partial charge in [-0.1, -0.05) is 31.4 Å². The Bertz CT molecular complexity index is 1330. The van der Waals surface area contributed by atoms with E-state index < -0.39 is 5.82 Å². The van der Waals surface area contributed by atoms with E-state index in [0.29, 0.717) is 17.3 Å². The highest BCUT2D eigenvalue weighted by atomic mass is 19.1. The second-order valence-electron chi connectivity index (χ2n) is 9.98. The molecule has 0 bridgehead atoms. The number of anilines is 2. The van der Waals surface area contributed by atoms with Crippen LogP contribution in [-0.2, 0) is 0 Å². The molecule has 6 rings (SSSR count). The van der Waals surface area contributed by atoms with Crippen LogP contribution >= 0.6 is 0 Å². The van der Waals surface area contributed by atoms with Gasteiger partial charge in [0.2, 0.25) is 0 Å². The van der Waals surface area contributed by atoms with E-state index in [2.05, 4.69) is 39.8 Å². The number of hydrogen-bond donors (Lipinski definition) is 1. The van der Waals surface area contributed by atoms with Gasteiger partial charge < -0.3 is 10.6 Å². The molecule has 6 heteroatoms. The van der Waals surface area contributed by atoms with Crippen molar-refractivity contribution in [2.45, 2.75) is 57.3 Å². The number of nitrogens with zero attached hydrogens (tertiary/aromatic N) is 4. The Hall–Kier alpha value is -3.41. The third-order valence-electron chi connectivity index (χ3n) is 7.71. The number of piperidine rings is 1. The lowest BCUT2D eigenvalue weighted by Crippen LogP contribution is -2.29. The first-order valence-corrected chi connectivity index (χ1v) is 13.0. The minimum Gasteiger partial charge on any atom is -0.396 e. The second-order valence-corrected chi connectivity index (χ2v) is 9.98. The molecule has 1 aliphatic carbocycles. The van der Waals surface area contributed by atoms with Gasteiger partial charge in [0.15, 0.2) is 5.65 Å². The normalized spacial score (nSPS) is 17.2. The molecule has 3 heterocycles. The minimum atomic E-state index is -0.432. The number of hydrogen-bond acceptors (Lipinski definition) is 4. The number of imidazole rings is 1. The van der Waals surface area contributed by atoms with Crippen LogP contribution in [0.15, 0.2) is 54.7 Å². The second kappa shape index (κ2) is 9.33. The summed E-state index contributed by atoms with van der Waals surface area (Å²) in [5.41, 5.74) is 11.8. The fourth-order valence-corrected chi connectivity index (χ4v) is 5.79. The topological polar surface area (TPSA) is 60.0 Å². The van der Waals surface area contributed by atoms with Crippen molar-refractivity contribution in [1.29, 1.82) is 0 Å². The summed E-state index contributed by atoms with van der Waals surface area (Å²) in [4.78, 5) is 12.2. The van der Waals surface area contributed by atoms with Crippen molar-refractivity contribution in [3.63, 3.8) is 0 Å². The molecule has 4 aromatic rings. The molecule has 2 fully saturated rings. The summed E-state index contributed by atoms with van der Waals surface area (Å²) in [5, 5.41) is 0. The maximum absolute atomic E-state index is 14.5. The molecule has 5 nitrogen and oxygen atoms in total. The molecule has 180 valence electrons. The van der Waals surface area contributed by atoms with Gasteiger partial charge in [-0.05, 0) is 80.0 Å². The summed E-state index contributed by atoms with van der Waals surface area (Å²) in [5.74, 6) is 0.895. The van der Waals surface area contributed by atoms with Crippen LogP contribution in [-0.4, -0.2) is 27.6 Å². The highest BCUT2D eigenvalue weighted by molar-refractivity contribution is 5.90. The van der Waals surface area contributed by atoms with Crippen molar-refractivity contribution in [2.75, 3.05) is 23.7 Å². The van der Waals surface area contributed by atoms with Crippen LogP contribution in [0.25, 0.3) is 28.2 Å². The molecule has 2 N–H and O–H groups in total. The number of benzene rings is 2. The van der Waals surface area contributed by atoms with Gasteiger partial charge in [0.05, 0.1) is 11.4 Å². The monoisotopic (exact) mass is 469 g/mol. The van der Waals surface area contributed by atoms with Crippen molar-refractivity contribution in [1.82, 2.24) is 14.5 Å². The molecule has 2 aromatic heterocycles. The number of nitrogen functional groups attached to an aromatic ring is 1. The van der Waals surface area contributed by atoms with Gasteiger partial charge in [-0.15, -0.1) is 0 Å². The van der Waals surface area contributed by atoms with Crippen LogP contribution in [0.5, 0.6) is 0 Å². The summed E-state index contributed by atoms with van der Waals surface area (Å²) in [6, 6.07) is 15.8. The van der Waals surface area contributed by atoms with Crippen LogP contribution < -0.4 is 10.6 Å². The van der Waals surface area contributed by atoms with Gasteiger partial charge in [-0.25, -0.2) is 14.4 Å². The highest BCUT2D eigenvalue weighted by Crippen LogP contribution is 2.36. The Morgan fingerprint density at radius 1 is 0.857 bits per heavy atom. The van der Waals surface area contributed by atoms with E-state index in [1.165, 1.54) is 63.0 Å². The largest absolute Gasteiger partial charge is 0.396 e. The fraction of sp³-hybridized carbons (Fsp3) is 0.379. The number of nitrogens with two attached hydrogens (primary N) is 1. The molecule has 0 spiro atoms. The number of pyridine rings is 1. The lowest BCUT2D eigenvalue weighted by molar-refractivity contribution is 0.443. The molecular weight excluding hydrogens is 437 g/mol. The Morgan fingerprint density at radius 3 is 2.34 bits per heavy atom. The van der Waals surface area contributed by atoms with Crippen molar-refractivity contribution in [2.24, 2.45) is 0 Å². The average molecular weight is 470 g/mol. The molecule has 0 atom stereocenters. The van der Waals surface area contributed by atoms with E-state index in [1.807, 2.05) is 12.3 Å². The number of fused-ring (bicyclic) bond motifs is 1. The van der Waals surface area contributed by atoms with Crippen molar-refractivity contribution in [3.8, 4) is 17.1 Å². The van der Waals surface area contributed by atoms with Gasteiger partial charge >= 0.3 is 0 Å². The van der Waals surface area contributed by atoms with Gasteiger partial charge in [0.1, 0.15) is 17.2 Å². The van der Waals surface area contributed by atoms with E-state index in [4.69, 9.17) is 15.7 Å². The number of halogens is 1. The zero-order valence-corrected chi connectivity index (χ0v) is 20.1. The number of aromatic nitrogens is 3. The average Bonchev–Trinajstić information content (AvgIpc) is 3.31. The number of rotatable bonds is 4. The van der Waals surface area contributed by atoms with Crippen LogP contribution in [0, 0.1) is 5.82 Å². The quantitative estimate of drug-likeness (QED) is 0.332. The van der Waals surface area contributed by atoms with E-state index in [9.17, 15) is 4.39 Å². The van der Waals surface area contributed by atoms with Crippen LogP contribution in [0.2, 0.25) is 0 Å². The predicted octanol–water partition coefficient (Wildman–Crippen LogP) is 6.85. The summed E-state index contributed by atoms with van der Waals surface area (Å²) >= 11 is 0. The summed E-state index contributed by atoms with van der Waals surface area (Å²) in [7, 11) is 0. The van der Waals surface area contributed by atoms with Crippen LogP contribution in [0.4, 0.5) is 15.8 Å². The Labute approximate surface area is 205 Å². The Kier molecular flexibility index (Phi) is 5.88. The van der Waals surface area contributed by atoms with Crippen LogP contribution in [0.3, 0.4) is 0 Å². The third-order valence-corrected chi connectivity index (χ3v) is 7.71. The van der Waals surface area contributed by atoms with Gasteiger partial charge in [0.25, 0.3) is 0 Å². The minimum absolute atomic E-state index is 0.139. The van der Waals surface area contributed by atoms with Crippen molar-refractivity contribution in [3.05, 3.63) is 66.1 Å². The molecule has 0 unspecified atom stereocenters. The van der Waals surface area contributed by atoms with Gasteiger partial charge in [-0.2, -0.15) is 0 Å². The summed E-state index contributed by atoms with van der Waals surface area (Å²) in [6.45, 7) is 2.04. The first-order valence-electron chi connectivity index (χ1n) is 13.0. The maximum Gasteiger partial charge on any atom is 0.167 e. The van der Waals surface area contributed by atoms with E-state index in [-0.39, 0.29) is 5.69 Å². The van der Waals surface area contributed by atoms with E-state index >= 15 is 0 Å². The van der Waals surface area contributed by atoms with Crippen molar-refractivity contribution >= 4 is 22.5 Å². The highest BCUT2D eigenvalue weighted by Gasteiger charge is 2.22. The van der Waals surface area contributed by atoms with Crippen LogP contribution in [0.1, 0.15) is 62.8 Å². The third kappa shape index (κ3) is 4.15. The first-order chi connectivity index (χ1) is 17.2. The molecule has 35 heavy (non-hydrogen) atoms. The molecule has 1 saturated heterocycles. The summed E-state index contributed by atoms with van der Waals surface area (Å²) in [6.07, 6.45) is 12.0. The molecule has 1 aliphatic heterocycles. The van der Waals surface area contributed by atoms with Gasteiger partial charge in [0, 0.05) is 30.5 Å². The molecule has 0 amide bonds. The molecule has 0 radical (unpaired) electrons. The lowest BCUT2D eigenvalue weighted by atomic mass is 9.84. The Balaban J connectivity index is 1.50. The molecule has 2 aromatic carbocycles. The van der Waals surface area contributed by atoms with E-state index in [1.54, 1.807) is 6.07 Å². The first kappa shape index (κ1) is 22.1. The standard InChI is InChI=1S/C29H32FN5/c30-24-19-22(11-14-25(24)31)28-33-27-26(34-17-5-2-6-18-34)15-16-32-29(27)35(28)23-12-9-21(10-13-23)20-7-3-1-4-8-20/h9-16,19-20H,1-8,17-18,31H2. The predicted molar refractivity (Wildman–Crippen MR) is 141 cm³/mol. The zero-order valence-electron chi connectivity index (χ0n) is 20.1. The Morgan fingerprint density at radius 2 is 1.60 bits per heavy atom. The SMILES string of the molecule is Nc1ccc(-c2nc3c(N4CCCCC4)ccnc3n2-c2ccc(C3CCCCC3)cc2)cc1F. The maximum atomic E-state index is 14.5. The molecule has 2 aliphatic rings. The summed E-state index contributed by atoms with van der Waals surface area (Å²) < 4.78 is 16.6. The molecular formula is C29H32FN5. The van der Waals surface area contributed by atoms with E-state index in [0.717, 1.165) is 35.6 Å². The lowest BCUT2D eigenvalue weighted by Gasteiger charge is -2.28. The zero-order chi connectivity index (χ0) is 23.8. The fourth-order valence-electron chi connectivity index (χ4n) is 5.79. The smallest absolute Gasteiger partial charge is 0.167 e. The van der Waals surface area contributed by atoms with Crippen molar-refractivity contribution < 1.29 is 4.39 Å². The molecule has 1 saturated carbocycles. The van der Waals surface area contributed by atoms with Gasteiger partial charge in [-0.3, -0.25) is 4.57 Å².